The number of hydrogen-bond acceptors (Lipinski definition) is 34. The third kappa shape index (κ3) is 17.5. The number of fused-ring (bicyclic) bond motifs is 4. The Hall–Kier alpha value is 0.760. The van der Waals surface area contributed by atoms with Gasteiger partial charge in [0.2, 0.25) is 31.2 Å². The number of aliphatic hydroxyl groups is 9. The van der Waals surface area contributed by atoms with Crippen molar-refractivity contribution in [1.82, 2.24) is 0 Å². The molecule has 0 aromatic rings. The predicted molar refractivity (Wildman–Crippen MR) is 313 cm³/mol. The van der Waals surface area contributed by atoms with Gasteiger partial charge in [0.1, 0.15) is 109 Å². The minimum atomic E-state index is -5.58. The Kier molecular flexibility index (Phi) is 29.1. The molecule has 34 nitrogen and oxygen atoms in total. The molecule has 4 aliphatic carbocycles. The fraction of sp³-hybridized carbons (Fsp3) is 0.915. The zero-order valence-electron chi connectivity index (χ0n) is 57.4. The quantitative estimate of drug-likeness (QED) is 0.0160. The number of carbonyl (C=O) groups excluding carboxylic acids is 1. The predicted octanol–water partition coefficient (Wildman–Crippen LogP) is -11.5. The normalized spacial score (nSPS) is 46.7. The molecule has 10 rings (SSSR count). The third-order valence-corrected chi connectivity index (χ3v) is 23.8. The second kappa shape index (κ2) is 33.1. The Balaban J connectivity index is 0.00000459. The second-order valence-corrected chi connectivity index (χ2v) is 31.8. The van der Waals surface area contributed by atoms with Crippen molar-refractivity contribution in [3.05, 3.63) is 23.3 Å². The molecular weight excluding hydrogens is 1420 g/mol. The smallest absolute Gasteiger partial charge is 0.726 e. The first kappa shape index (κ1) is 87.0. The van der Waals surface area contributed by atoms with Gasteiger partial charge in [-0.05, 0) is 108 Å². The fourth-order valence-corrected chi connectivity index (χ4v) is 18.7. The molecule has 31 atom stereocenters. The molecule has 0 bridgehead atoms. The van der Waals surface area contributed by atoms with Crippen molar-refractivity contribution in [1.29, 1.82) is 0 Å². The van der Waals surface area contributed by atoms with Crippen molar-refractivity contribution in [2.24, 2.45) is 39.4 Å². The van der Waals surface area contributed by atoms with Crippen molar-refractivity contribution in [2.45, 2.75) is 266 Å². The topological polar surface area (TPSA) is 509 Å². The summed E-state index contributed by atoms with van der Waals surface area (Å²) in [7, 11) is -15.6. The van der Waals surface area contributed by atoms with E-state index in [0.717, 1.165) is 39.2 Å². The van der Waals surface area contributed by atoms with Crippen molar-refractivity contribution in [3.63, 3.8) is 0 Å². The summed E-state index contributed by atoms with van der Waals surface area (Å²) in [6.45, 7) is 12.1. The molecule has 0 radical (unpaired) electrons. The van der Waals surface area contributed by atoms with Crippen LogP contribution in [0.4, 0.5) is 0 Å². The molecule has 40 heteroatoms. The van der Waals surface area contributed by atoms with E-state index in [0.29, 0.717) is 25.7 Å². The largest absolute Gasteiger partial charge is 1.00 e. The van der Waals surface area contributed by atoms with Crippen LogP contribution in [-0.2, 0) is 105 Å². The summed E-state index contributed by atoms with van der Waals surface area (Å²) in [6, 6.07) is 0. The number of ether oxygens (including phenoxy) is 12. The maximum atomic E-state index is 14.5. The summed E-state index contributed by atoms with van der Waals surface area (Å²) in [6.07, 6.45) is -36.3. The van der Waals surface area contributed by atoms with Crippen molar-refractivity contribution in [3.8, 4) is 0 Å². The molecule has 9 fully saturated rings. The number of aliphatic hydroxyl groups excluding tert-OH is 9. The molecular formula is C59H91Na3O34S3. The Morgan fingerprint density at radius 2 is 1.15 bits per heavy atom. The third-order valence-electron chi connectivity index (χ3n) is 22.4. The van der Waals surface area contributed by atoms with Crippen molar-refractivity contribution in [2.75, 3.05) is 33.5 Å². The van der Waals surface area contributed by atoms with Gasteiger partial charge >= 0.3 is 94.6 Å². The molecule has 0 unspecified atom stereocenters. The maximum absolute atomic E-state index is 14.5. The zero-order chi connectivity index (χ0) is 70.5. The summed E-state index contributed by atoms with van der Waals surface area (Å²) in [4.78, 5) is 14.5. The van der Waals surface area contributed by atoms with Gasteiger partial charge in [-0.3, -0.25) is 17.3 Å². The average Bonchev–Trinajstić information content (AvgIpc) is 1.53. The number of rotatable bonds is 22. The van der Waals surface area contributed by atoms with Crippen molar-refractivity contribution >= 4 is 37.2 Å². The molecule has 9 N–H and O–H groups in total. The number of hydrogen-bond donors (Lipinski definition) is 9. The first-order valence-electron chi connectivity index (χ1n) is 32.1. The summed E-state index contributed by atoms with van der Waals surface area (Å²) in [5.74, 6) is -0.0702. The van der Waals surface area contributed by atoms with E-state index in [4.69, 9.17) is 61.0 Å². The minimum absolute atomic E-state index is 0. The first-order valence-corrected chi connectivity index (χ1v) is 36.1. The maximum Gasteiger partial charge on any atom is 1.00 e. The number of methoxy groups -OCH3 is 1. The van der Waals surface area contributed by atoms with Gasteiger partial charge in [0.05, 0.1) is 44.1 Å². The molecule has 0 aromatic carbocycles. The molecule has 6 aliphatic heterocycles. The minimum Gasteiger partial charge on any atom is -0.726 e. The molecule has 99 heavy (non-hydrogen) atoms. The van der Waals surface area contributed by atoms with Gasteiger partial charge < -0.3 is 116 Å². The molecule has 552 valence electrons. The van der Waals surface area contributed by atoms with Gasteiger partial charge in [0.25, 0.3) is 0 Å². The number of carbonyl (C=O) groups is 1. The Bertz CT molecular complexity index is 3190. The standard InChI is InChI=1S/C59H94O34S3.3Na/c1-25(2)11-10-17-58(8)34-15-19-57(7)28-12-13-33-55(4,5)35(16-18-56(33,6)27(28)14-20-59(34,57)54(69)92-58)87-52-47(39(64)32(22-81-52)93-96(76,77)78)91-53-48(90-49-40(65)36(61)29(60)21-80-49)41(66)44(26(3)84-53)88-51-43(68)46(38(63)31(86-51)24-83-95(73,74)75)89-50-42(67)45(79-9)37(62)30(85-50)23-82-94(70,71)72;;;/h11-12,26-27,29-53,60-68H,10,13-24H2,1-9H3,(H,70,71,72)(H,73,74,75)(H,76,77,78);;;/q;3*+1/p-3/t26-,27-,29-,30-,31-,32-,33+,34-,35+,36+,37-,38-,39+,40-,41+,42-,43-,44-,45+,46+,47-,48-,49+,50+,51+,52+,53+,56-,57+,58+,59-;;;/m1.../s1. The fourth-order valence-electron chi connectivity index (χ4n) is 17.6. The zero-order valence-corrected chi connectivity index (χ0v) is 65.8. The van der Waals surface area contributed by atoms with Crippen LogP contribution < -0.4 is 88.7 Å². The van der Waals surface area contributed by atoms with Crippen LogP contribution in [0, 0.1) is 39.4 Å². The van der Waals surface area contributed by atoms with E-state index < -0.39 is 227 Å². The van der Waals surface area contributed by atoms with Gasteiger partial charge in [-0.25, -0.2) is 25.3 Å². The molecule has 10 aliphatic rings. The molecule has 6 heterocycles. The Labute approximate surface area is 641 Å². The van der Waals surface area contributed by atoms with Crippen LogP contribution in [-0.4, -0.2) is 277 Å². The van der Waals surface area contributed by atoms with Gasteiger partial charge in [0.15, 0.2) is 31.5 Å². The van der Waals surface area contributed by atoms with E-state index in [1.165, 1.54) is 18.1 Å². The van der Waals surface area contributed by atoms with E-state index in [1.807, 2.05) is 27.7 Å². The first-order chi connectivity index (χ1) is 44.6. The summed E-state index contributed by atoms with van der Waals surface area (Å²) < 4.78 is 191. The van der Waals surface area contributed by atoms with E-state index >= 15 is 0 Å². The van der Waals surface area contributed by atoms with Crippen LogP contribution >= 0.6 is 0 Å². The average molecular weight is 1510 g/mol. The van der Waals surface area contributed by atoms with Crippen LogP contribution in [0.3, 0.4) is 0 Å². The summed E-state index contributed by atoms with van der Waals surface area (Å²) >= 11 is 0. The van der Waals surface area contributed by atoms with E-state index in [9.17, 15) is 89.7 Å². The monoisotopic (exact) mass is 1510 g/mol. The van der Waals surface area contributed by atoms with Crippen LogP contribution in [0.15, 0.2) is 23.3 Å². The molecule has 3 saturated carbocycles. The number of cyclic esters (lactones) is 1. The Morgan fingerprint density at radius 1 is 0.596 bits per heavy atom. The van der Waals surface area contributed by atoms with Crippen LogP contribution in [0.5, 0.6) is 0 Å². The van der Waals surface area contributed by atoms with Crippen molar-refractivity contribution < 1.29 is 248 Å². The molecule has 1 spiro atoms. The summed E-state index contributed by atoms with van der Waals surface area (Å²) in [5, 5.41) is 102. The van der Waals surface area contributed by atoms with Gasteiger partial charge in [-0.2, -0.15) is 0 Å². The number of esters is 1. The molecule has 0 aromatic heterocycles. The molecule has 0 amide bonds. The molecule has 6 saturated heterocycles. The van der Waals surface area contributed by atoms with E-state index in [2.05, 4.69) is 41.3 Å². The van der Waals surface area contributed by atoms with Gasteiger partial charge in [-0.15, -0.1) is 0 Å². The van der Waals surface area contributed by atoms with Crippen LogP contribution in [0.25, 0.3) is 0 Å². The van der Waals surface area contributed by atoms with Gasteiger partial charge in [-0.1, -0.05) is 51.0 Å². The van der Waals surface area contributed by atoms with Crippen LogP contribution in [0.1, 0.15) is 113 Å². The second-order valence-electron chi connectivity index (χ2n) is 28.7. The van der Waals surface area contributed by atoms with Gasteiger partial charge in [0, 0.05) is 18.4 Å². The van der Waals surface area contributed by atoms with E-state index in [1.54, 1.807) is 0 Å². The SMILES string of the molecule is CO[C@@H]1[C@@H](O)[C@H](O[C@@H]2[C@@H](O)[C@H](O[C@H]3[C@H](O)[C@@H](O[C@@H]4OC[C@@H](O)[C@H](O)[C@H]4O)[C@H](O[C@H]4[C@H](O[C@H]5CC[C@]6(C)[C@@H]7CC[C@]89C(=O)O[C@@](C)(CCC=C(C)C)[C@H]8CC[C@@]9(C)C7=CC[C@H]6C5(C)C)OC[C@@H](OS(=O)(=O)[O-])[C@@H]4O)O[C@@H]3C)O[C@H](COS(=O)(=O)[O-])[C@H]2O)O[C@H](COS(=O)(=O)[O-])[C@H]1O.[Na+].[Na+].[Na+]. The van der Waals surface area contributed by atoms with Crippen LogP contribution in [0.2, 0.25) is 0 Å². The summed E-state index contributed by atoms with van der Waals surface area (Å²) in [5.41, 5.74) is -0.324. The number of allylic oxidation sites excluding steroid dienone is 4. The van der Waals surface area contributed by atoms with E-state index in [-0.39, 0.29) is 118 Å². The Morgan fingerprint density at radius 3 is 1.74 bits per heavy atom.